The average molecular weight is 466 g/mol. The first-order chi connectivity index (χ1) is 16.2. The van der Waals surface area contributed by atoms with Gasteiger partial charge in [-0.05, 0) is 53.6 Å². The van der Waals surface area contributed by atoms with Crippen LogP contribution in [-0.4, -0.2) is 48.6 Å². The van der Waals surface area contributed by atoms with Gasteiger partial charge in [-0.25, -0.2) is 0 Å². The number of carbonyl (C=O) groups is 2. The zero-order valence-corrected chi connectivity index (χ0v) is 20.7. The van der Waals surface area contributed by atoms with Gasteiger partial charge < -0.3 is 19.5 Å². The van der Waals surface area contributed by atoms with Crippen LogP contribution in [0.4, 0.5) is 0 Å². The molecule has 2 aromatic carbocycles. The Kier molecular flexibility index (Phi) is 8.51. The van der Waals surface area contributed by atoms with Gasteiger partial charge in [-0.15, -0.1) is 0 Å². The minimum atomic E-state index is -0.673. The van der Waals surface area contributed by atoms with E-state index in [1.807, 2.05) is 24.3 Å². The molecule has 1 fully saturated rings. The number of likely N-dealkylation sites (tertiary alicyclic amines) is 1. The lowest BCUT2D eigenvalue weighted by Gasteiger charge is -2.25. The summed E-state index contributed by atoms with van der Waals surface area (Å²) >= 11 is 0. The molecule has 1 saturated heterocycles. The molecule has 0 bridgehead atoms. The van der Waals surface area contributed by atoms with Crippen molar-refractivity contribution in [1.29, 1.82) is 0 Å². The molecular weight excluding hydrogens is 430 g/mol. The van der Waals surface area contributed by atoms with Gasteiger partial charge in [-0.3, -0.25) is 9.59 Å². The second kappa shape index (κ2) is 11.3. The number of methoxy groups -OCH3 is 1. The topological polar surface area (TPSA) is 76.1 Å². The number of ketones is 1. The highest BCUT2D eigenvalue weighted by Crippen LogP contribution is 2.40. The number of aliphatic hydroxyl groups excluding tert-OH is 1. The number of rotatable bonds is 10. The average Bonchev–Trinajstić information content (AvgIpc) is 3.08. The minimum absolute atomic E-state index is 0.107. The normalized spacial score (nSPS) is 17.7. The Bertz CT molecular complexity index is 1020. The first-order valence-corrected chi connectivity index (χ1v) is 11.8. The van der Waals surface area contributed by atoms with Crippen LogP contribution in [-0.2, 0) is 14.3 Å². The lowest BCUT2D eigenvalue weighted by Crippen LogP contribution is -2.31. The molecule has 3 rings (SSSR count). The van der Waals surface area contributed by atoms with Gasteiger partial charge in [0.1, 0.15) is 11.5 Å². The Morgan fingerprint density at radius 2 is 1.65 bits per heavy atom. The van der Waals surface area contributed by atoms with Crippen LogP contribution in [0.25, 0.3) is 5.76 Å². The number of Topliss-reactive ketones (excluding diaryl/α,β-unsaturated/α-hetero) is 1. The fourth-order valence-electron chi connectivity index (χ4n) is 4.03. The van der Waals surface area contributed by atoms with E-state index in [2.05, 4.69) is 27.7 Å². The lowest BCUT2D eigenvalue weighted by atomic mass is 9.93. The number of carbonyl (C=O) groups excluding carboxylic acids is 2. The van der Waals surface area contributed by atoms with Crippen molar-refractivity contribution < 1.29 is 24.2 Å². The van der Waals surface area contributed by atoms with Gasteiger partial charge in [-0.1, -0.05) is 52.0 Å². The number of hydrogen-bond acceptors (Lipinski definition) is 5. The summed E-state index contributed by atoms with van der Waals surface area (Å²) in [5.74, 6) is -0.0183. The molecule has 1 aliphatic heterocycles. The molecule has 34 heavy (non-hydrogen) atoms. The second-order valence-corrected chi connectivity index (χ2v) is 9.39. The van der Waals surface area contributed by atoms with E-state index in [1.54, 1.807) is 31.4 Å². The van der Waals surface area contributed by atoms with E-state index < -0.39 is 17.7 Å². The third-order valence-corrected chi connectivity index (χ3v) is 5.92. The Morgan fingerprint density at radius 1 is 1.00 bits per heavy atom. The molecule has 1 unspecified atom stereocenters. The van der Waals surface area contributed by atoms with Crippen LogP contribution in [0.15, 0.2) is 54.1 Å². The predicted molar refractivity (Wildman–Crippen MR) is 133 cm³/mol. The number of ether oxygens (including phenoxy) is 2. The summed E-state index contributed by atoms with van der Waals surface area (Å²) in [6.45, 7) is 9.78. The summed E-state index contributed by atoms with van der Waals surface area (Å²) in [6, 6.07) is 14.2. The van der Waals surface area contributed by atoms with Gasteiger partial charge in [0.15, 0.2) is 0 Å². The summed E-state index contributed by atoms with van der Waals surface area (Å²) in [5, 5.41) is 11.2. The monoisotopic (exact) mass is 465 g/mol. The SMILES string of the molecule is COCCCN1C(=O)C(=O)/C(=C(\O)c2ccc(OCC(C)C)cc2)C1c1ccc(C(C)C)cc1. The van der Waals surface area contributed by atoms with Gasteiger partial charge >= 0.3 is 0 Å². The number of nitrogens with zero attached hydrogens (tertiary/aromatic N) is 1. The first-order valence-electron chi connectivity index (χ1n) is 11.8. The molecule has 0 saturated carbocycles. The maximum Gasteiger partial charge on any atom is 0.295 e. The van der Waals surface area contributed by atoms with Crippen LogP contribution < -0.4 is 4.74 Å². The summed E-state index contributed by atoms with van der Waals surface area (Å²) in [6.07, 6.45) is 0.589. The fraction of sp³-hybridized carbons (Fsp3) is 0.429. The highest BCUT2D eigenvalue weighted by molar-refractivity contribution is 6.46. The van der Waals surface area contributed by atoms with E-state index in [4.69, 9.17) is 9.47 Å². The van der Waals surface area contributed by atoms with E-state index in [9.17, 15) is 14.7 Å². The summed E-state index contributed by atoms with van der Waals surface area (Å²) in [4.78, 5) is 27.6. The molecule has 1 amide bonds. The van der Waals surface area contributed by atoms with Crippen molar-refractivity contribution >= 4 is 17.4 Å². The van der Waals surface area contributed by atoms with Gasteiger partial charge in [0, 0.05) is 25.8 Å². The van der Waals surface area contributed by atoms with Crippen LogP contribution >= 0.6 is 0 Å². The second-order valence-electron chi connectivity index (χ2n) is 9.39. The molecular formula is C28H35NO5. The number of aliphatic hydroxyl groups is 1. The Morgan fingerprint density at radius 3 is 2.21 bits per heavy atom. The largest absolute Gasteiger partial charge is 0.507 e. The highest BCUT2D eigenvalue weighted by atomic mass is 16.5. The Balaban J connectivity index is 2.01. The number of benzene rings is 2. The Hall–Kier alpha value is -3.12. The smallest absolute Gasteiger partial charge is 0.295 e. The van der Waals surface area contributed by atoms with Crippen molar-refractivity contribution in [3.8, 4) is 5.75 Å². The van der Waals surface area contributed by atoms with Crippen molar-refractivity contribution in [2.45, 2.75) is 46.1 Å². The standard InChI is InChI=1S/C28H35NO5/c1-18(2)17-34-23-13-11-22(12-14-23)26(30)24-25(21-9-7-20(8-10-21)19(3)4)29(15-6-16-33-5)28(32)27(24)31/h7-14,18-19,25,30H,6,15-17H2,1-5H3/b26-24-. The van der Waals surface area contributed by atoms with Gasteiger partial charge in [0.2, 0.25) is 0 Å². The van der Waals surface area contributed by atoms with Crippen LogP contribution in [0.1, 0.15) is 62.8 Å². The van der Waals surface area contributed by atoms with E-state index in [1.165, 1.54) is 4.90 Å². The molecule has 182 valence electrons. The maximum absolute atomic E-state index is 13.1. The third-order valence-electron chi connectivity index (χ3n) is 5.92. The van der Waals surface area contributed by atoms with E-state index in [0.29, 0.717) is 49.3 Å². The molecule has 0 spiro atoms. The van der Waals surface area contributed by atoms with Crippen molar-refractivity contribution in [3.05, 3.63) is 70.8 Å². The van der Waals surface area contributed by atoms with Crippen LogP contribution in [0.3, 0.4) is 0 Å². The third kappa shape index (κ3) is 5.68. The number of hydrogen-bond donors (Lipinski definition) is 1. The van der Waals surface area contributed by atoms with E-state index in [-0.39, 0.29) is 11.3 Å². The summed E-state index contributed by atoms with van der Waals surface area (Å²) in [7, 11) is 1.60. The lowest BCUT2D eigenvalue weighted by molar-refractivity contribution is -0.140. The zero-order valence-electron chi connectivity index (χ0n) is 20.7. The van der Waals surface area contributed by atoms with E-state index >= 15 is 0 Å². The molecule has 1 atom stereocenters. The summed E-state index contributed by atoms with van der Waals surface area (Å²) in [5.41, 5.74) is 2.53. The molecule has 6 nitrogen and oxygen atoms in total. The van der Waals surface area contributed by atoms with Crippen molar-refractivity contribution in [2.24, 2.45) is 5.92 Å². The molecule has 6 heteroatoms. The molecule has 1 heterocycles. The Labute approximate surface area is 202 Å². The van der Waals surface area contributed by atoms with Gasteiger partial charge in [-0.2, -0.15) is 0 Å². The maximum atomic E-state index is 13.1. The molecule has 1 N–H and O–H groups in total. The zero-order chi connectivity index (χ0) is 24.8. The predicted octanol–water partition coefficient (Wildman–Crippen LogP) is 5.30. The van der Waals surface area contributed by atoms with Gasteiger partial charge in [0.05, 0.1) is 18.2 Å². The molecule has 1 aliphatic rings. The van der Waals surface area contributed by atoms with Crippen LogP contribution in [0.2, 0.25) is 0 Å². The van der Waals surface area contributed by atoms with Gasteiger partial charge in [0.25, 0.3) is 11.7 Å². The minimum Gasteiger partial charge on any atom is -0.507 e. The molecule has 0 aromatic heterocycles. The van der Waals surface area contributed by atoms with Crippen molar-refractivity contribution in [3.63, 3.8) is 0 Å². The molecule has 0 radical (unpaired) electrons. The van der Waals surface area contributed by atoms with Crippen molar-refractivity contribution in [2.75, 3.05) is 26.9 Å². The van der Waals surface area contributed by atoms with E-state index in [0.717, 1.165) is 11.1 Å². The quantitative estimate of drug-likeness (QED) is 0.223. The first kappa shape index (κ1) is 25.5. The highest BCUT2D eigenvalue weighted by Gasteiger charge is 2.45. The summed E-state index contributed by atoms with van der Waals surface area (Å²) < 4.78 is 10.9. The van der Waals surface area contributed by atoms with Crippen LogP contribution in [0.5, 0.6) is 5.75 Å². The van der Waals surface area contributed by atoms with Crippen molar-refractivity contribution in [1.82, 2.24) is 4.90 Å². The molecule has 0 aliphatic carbocycles. The fourth-order valence-corrected chi connectivity index (χ4v) is 4.03. The van der Waals surface area contributed by atoms with Crippen LogP contribution in [0, 0.1) is 5.92 Å². The molecule has 2 aromatic rings. The number of amides is 1.